The Balaban J connectivity index is 1.50. The Morgan fingerprint density at radius 3 is 2.83 bits per heavy atom. The van der Waals surface area contributed by atoms with E-state index < -0.39 is 0 Å². The van der Waals surface area contributed by atoms with E-state index in [0.29, 0.717) is 22.8 Å². The molecule has 3 aromatic rings. The van der Waals surface area contributed by atoms with Crippen LogP contribution < -0.4 is 10.2 Å². The Hall–Kier alpha value is -2.86. The number of anilines is 1. The summed E-state index contributed by atoms with van der Waals surface area (Å²) in [6.07, 6.45) is 2.54. The van der Waals surface area contributed by atoms with Gasteiger partial charge in [-0.15, -0.1) is 0 Å². The Kier molecular flexibility index (Phi) is 5.28. The third-order valence-corrected chi connectivity index (χ3v) is 5.53. The number of aromatic amines is 1. The van der Waals surface area contributed by atoms with Gasteiger partial charge in [-0.1, -0.05) is 11.6 Å². The highest BCUT2D eigenvalue weighted by Gasteiger charge is 2.22. The van der Waals surface area contributed by atoms with Gasteiger partial charge in [0.15, 0.2) is 0 Å². The number of aromatic nitrogens is 2. The number of amides is 2. The Bertz CT molecular complexity index is 1090. The van der Waals surface area contributed by atoms with E-state index in [1.165, 1.54) is 0 Å². The topological polar surface area (TPSA) is 78.1 Å². The highest BCUT2D eigenvalue weighted by atomic mass is 35.5. The maximum absolute atomic E-state index is 12.7. The largest absolute Gasteiger partial charge is 0.342 e. The predicted octanol–water partition coefficient (Wildman–Crippen LogP) is 4.53. The molecule has 1 saturated heterocycles. The van der Waals surface area contributed by atoms with Crippen LogP contribution in [0.4, 0.5) is 5.69 Å². The van der Waals surface area contributed by atoms with E-state index in [4.69, 9.17) is 11.6 Å². The molecule has 0 bridgehead atoms. The Morgan fingerprint density at radius 1 is 1.24 bits per heavy atom. The first-order valence-corrected chi connectivity index (χ1v) is 10.2. The molecule has 2 heterocycles. The molecule has 4 rings (SSSR count). The smallest absolute Gasteiger partial charge is 0.251 e. The van der Waals surface area contributed by atoms with Gasteiger partial charge in [-0.3, -0.25) is 9.59 Å². The summed E-state index contributed by atoms with van der Waals surface area (Å²) in [6.45, 7) is 4.55. The van der Waals surface area contributed by atoms with E-state index in [1.54, 1.807) is 18.2 Å². The minimum atomic E-state index is -0.294. The van der Waals surface area contributed by atoms with Gasteiger partial charge < -0.3 is 15.2 Å². The van der Waals surface area contributed by atoms with Gasteiger partial charge >= 0.3 is 0 Å². The summed E-state index contributed by atoms with van der Waals surface area (Å²) < 4.78 is 0. The lowest BCUT2D eigenvalue weighted by atomic mass is 10.0. The lowest BCUT2D eigenvalue weighted by Crippen LogP contribution is -2.35. The molecule has 7 heteroatoms. The second-order valence-corrected chi connectivity index (χ2v) is 7.92. The van der Waals surface area contributed by atoms with Gasteiger partial charge in [-0.25, -0.2) is 4.98 Å². The van der Waals surface area contributed by atoms with Crippen LogP contribution in [-0.4, -0.2) is 28.3 Å². The lowest BCUT2D eigenvalue weighted by molar-refractivity contribution is -0.119. The van der Waals surface area contributed by atoms with Crippen LogP contribution in [0, 0.1) is 6.92 Å². The zero-order valence-corrected chi connectivity index (χ0v) is 17.2. The van der Waals surface area contributed by atoms with Crippen LogP contribution in [-0.2, 0) is 4.79 Å². The molecule has 2 amide bonds. The van der Waals surface area contributed by atoms with Crippen molar-refractivity contribution in [1.29, 1.82) is 0 Å². The number of nitrogens with zero attached hydrogens (tertiary/aromatic N) is 2. The van der Waals surface area contributed by atoms with Crippen molar-refractivity contribution in [1.82, 2.24) is 15.3 Å². The number of hydrogen-bond donors (Lipinski definition) is 2. The van der Waals surface area contributed by atoms with Gasteiger partial charge in [0, 0.05) is 29.2 Å². The fourth-order valence-electron chi connectivity index (χ4n) is 3.71. The molecule has 6 nitrogen and oxygen atoms in total. The molecule has 0 spiro atoms. The summed E-state index contributed by atoms with van der Waals surface area (Å²) in [5.41, 5.74) is 3.99. The van der Waals surface area contributed by atoms with Gasteiger partial charge in [0.1, 0.15) is 5.82 Å². The summed E-state index contributed by atoms with van der Waals surface area (Å²) in [4.78, 5) is 34.5. The summed E-state index contributed by atoms with van der Waals surface area (Å²) >= 11 is 6.02. The number of piperidine rings is 1. The van der Waals surface area contributed by atoms with Crippen LogP contribution in [0.5, 0.6) is 0 Å². The van der Waals surface area contributed by atoms with Crippen LogP contribution in [0.2, 0.25) is 5.02 Å². The van der Waals surface area contributed by atoms with Crippen LogP contribution in [0.15, 0.2) is 36.4 Å². The van der Waals surface area contributed by atoms with Crippen molar-refractivity contribution in [2.45, 2.75) is 39.2 Å². The molecule has 1 aliphatic rings. The molecule has 0 aliphatic carbocycles. The standard InChI is InChI=1S/C22H23ClN4O2/c1-13-11-15(6-9-19(13)27-10-4-3-5-20(27)28)22(29)24-14(2)21-25-17-8-7-16(23)12-18(17)26-21/h6-9,11-12,14H,3-5,10H2,1-2H3,(H,24,29)(H,25,26)/t14-/m0/s1. The molecule has 150 valence electrons. The molecule has 1 aliphatic heterocycles. The number of benzene rings is 2. The predicted molar refractivity (Wildman–Crippen MR) is 114 cm³/mol. The van der Waals surface area contributed by atoms with E-state index in [1.807, 2.05) is 36.9 Å². The number of halogens is 1. The van der Waals surface area contributed by atoms with Crippen LogP contribution >= 0.6 is 11.6 Å². The summed E-state index contributed by atoms with van der Waals surface area (Å²) in [6, 6.07) is 10.6. The Labute approximate surface area is 174 Å². The summed E-state index contributed by atoms with van der Waals surface area (Å²) in [7, 11) is 0. The van der Waals surface area contributed by atoms with Gasteiger partial charge in [0.05, 0.1) is 17.1 Å². The van der Waals surface area contributed by atoms with Crippen LogP contribution in [0.3, 0.4) is 0 Å². The second kappa shape index (κ2) is 7.87. The first kappa shape index (κ1) is 19.5. The lowest BCUT2D eigenvalue weighted by Gasteiger charge is -2.28. The van der Waals surface area contributed by atoms with Gasteiger partial charge in [-0.05, 0) is 68.7 Å². The number of fused-ring (bicyclic) bond motifs is 1. The van der Waals surface area contributed by atoms with Gasteiger partial charge in [0.25, 0.3) is 5.91 Å². The van der Waals surface area contributed by atoms with Crippen LogP contribution in [0.25, 0.3) is 11.0 Å². The monoisotopic (exact) mass is 410 g/mol. The van der Waals surface area contributed by atoms with Crippen molar-refractivity contribution >= 4 is 40.1 Å². The maximum atomic E-state index is 12.7. The number of carbonyl (C=O) groups is 2. The molecule has 1 fully saturated rings. The summed E-state index contributed by atoms with van der Waals surface area (Å²) in [5, 5.41) is 3.60. The summed E-state index contributed by atoms with van der Waals surface area (Å²) in [5.74, 6) is 0.633. The maximum Gasteiger partial charge on any atom is 0.251 e. The number of hydrogen-bond acceptors (Lipinski definition) is 3. The van der Waals surface area contributed by atoms with Crippen molar-refractivity contribution in [2.75, 3.05) is 11.4 Å². The number of rotatable bonds is 4. The fourth-order valence-corrected chi connectivity index (χ4v) is 3.88. The van der Waals surface area contributed by atoms with Crippen molar-refractivity contribution in [3.8, 4) is 0 Å². The normalized spacial score (nSPS) is 15.6. The van der Waals surface area contributed by atoms with Crippen LogP contribution in [0.1, 0.15) is 54.0 Å². The number of imidazole rings is 1. The van der Waals surface area contributed by atoms with E-state index in [9.17, 15) is 9.59 Å². The molecular formula is C22H23ClN4O2. The average molecular weight is 411 g/mol. The molecule has 2 N–H and O–H groups in total. The minimum absolute atomic E-state index is 0.148. The van der Waals surface area contributed by atoms with E-state index in [-0.39, 0.29) is 17.9 Å². The first-order valence-electron chi connectivity index (χ1n) is 9.79. The van der Waals surface area contributed by atoms with Crippen molar-refractivity contribution in [3.05, 3.63) is 58.4 Å². The second-order valence-electron chi connectivity index (χ2n) is 7.48. The molecular weight excluding hydrogens is 388 g/mol. The third-order valence-electron chi connectivity index (χ3n) is 5.29. The fraction of sp³-hybridized carbons (Fsp3) is 0.318. The number of aryl methyl sites for hydroxylation is 1. The number of H-pyrrole nitrogens is 1. The van der Waals surface area contributed by atoms with Crippen molar-refractivity contribution < 1.29 is 9.59 Å². The van der Waals surface area contributed by atoms with E-state index >= 15 is 0 Å². The van der Waals surface area contributed by atoms with Crippen molar-refractivity contribution in [2.24, 2.45) is 0 Å². The molecule has 0 unspecified atom stereocenters. The molecule has 0 saturated carbocycles. The number of carbonyl (C=O) groups excluding carboxylic acids is 2. The SMILES string of the molecule is Cc1cc(C(=O)N[C@@H](C)c2nc3cc(Cl)ccc3[nH]2)ccc1N1CCCCC1=O. The Morgan fingerprint density at radius 2 is 2.07 bits per heavy atom. The molecule has 0 radical (unpaired) electrons. The molecule has 1 atom stereocenters. The van der Waals surface area contributed by atoms with Gasteiger partial charge in [0.2, 0.25) is 5.91 Å². The van der Waals surface area contributed by atoms with Crippen molar-refractivity contribution in [3.63, 3.8) is 0 Å². The molecule has 29 heavy (non-hydrogen) atoms. The van der Waals surface area contributed by atoms with Gasteiger partial charge in [-0.2, -0.15) is 0 Å². The zero-order valence-electron chi connectivity index (χ0n) is 16.5. The van der Waals surface area contributed by atoms with E-state index in [2.05, 4.69) is 15.3 Å². The zero-order chi connectivity index (χ0) is 20.5. The molecule has 1 aromatic heterocycles. The highest BCUT2D eigenvalue weighted by Crippen LogP contribution is 2.26. The quantitative estimate of drug-likeness (QED) is 0.663. The number of nitrogens with one attached hydrogen (secondary N) is 2. The minimum Gasteiger partial charge on any atom is -0.342 e. The average Bonchev–Trinajstić information content (AvgIpc) is 3.12. The molecule has 2 aromatic carbocycles. The third kappa shape index (κ3) is 3.98. The first-order chi connectivity index (χ1) is 13.9. The highest BCUT2D eigenvalue weighted by molar-refractivity contribution is 6.31. The van der Waals surface area contributed by atoms with E-state index in [0.717, 1.165) is 41.7 Å².